The van der Waals surface area contributed by atoms with E-state index in [9.17, 15) is 9.59 Å². The fourth-order valence-electron chi connectivity index (χ4n) is 4.63. The molecular weight excluding hydrogens is 272 g/mol. The first-order valence-corrected chi connectivity index (χ1v) is 7.78. The predicted octanol–water partition coefficient (Wildman–Crippen LogP) is 0.575. The minimum absolute atomic E-state index is 0.176. The molecule has 4 fully saturated rings. The second kappa shape index (κ2) is 5.25. The summed E-state index contributed by atoms with van der Waals surface area (Å²) in [5, 5.41) is 17.6. The Balaban J connectivity index is 0.000000126. The summed E-state index contributed by atoms with van der Waals surface area (Å²) in [6.07, 6.45) is 4.56. The normalized spacial score (nSPS) is 44.1. The first-order chi connectivity index (χ1) is 9.90. The summed E-state index contributed by atoms with van der Waals surface area (Å²) in [6, 6.07) is 0.194. The van der Waals surface area contributed by atoms with Crippen LogP contribution < -0.4 is 0 Å². The van der Waals surface area contributed by atoms with Crippen molar-refractivity contribution in [1.29, 1.82) is 0 Å². The molecule has 0 spiro atoms. The summed E-state index contributed by atoms with van der Waals surface area (Å²) in [5.74, 6) is 0.322. The van der Waals surface area contributed by atoms with Crippen LogP contribution in [0.3, 0.4) is 0 Å². The number of piperidine rings is 2. The molecule has 6 nitrogen and oxygen atoms in total. The number of hydrogen-bond donors (Lipinski definition) is 2. The van der Waals surface area contributed by atoms with Gasteiger partial charge in [0.05, 0.1) is 0 Å². The molecule has 2 N–H and O–H groups in total. The second-order valence-corrected chi connectivity index (χ2v) is 7.06. The van der Waals surface area contributed by atoms with Crippen LogP contribution in [0, 0.1) is 17.8 Å². The Labute approximate surface area is 124 Å². The molecule has 0 amide bonds. The highest BCUT2D eigenvalue weighted by Crippen LogP contribution is 2.48. The minimum atomic E-state index is -0.646. The van der Waals surface area contributed by atoms with E-state index in [0.29, 0.717) is 23.8 Å². The van der Waals surface area contributed by atoms with Crippen LogP contribution in [-0.4, -0.2) is 70.7 Å². The van der Waals surface area contributed by atoms with E-state index in [4.69, 9.17) is 10.2 Å². The lowest BCUT2D eigenvalue weighted by Crippen LogP contribution is -2.42. The molecule has 4 aliphatic rings. The Morgan fingerprint density at radius 3 is 1.95 bits per heavy atom. The van der Waals surface area contributed by atoms with Crippen molar-refractivity contribution in [2.24, 2.45) is 17.8 Å². The first-order valence-electron chi connectivity index (χ1n) is 7.78. The summed E-state index contributed by atoms with van der Waals surface area (Å²) in [5.41, 5.74) is 0. The van der Waals surface area contributed by atoms with E-state index in [1.54, 1.807) is 0 Å². The van der Waals surface area contributed by atoms with Crippen molar-refractivity contribution < 1.29 is 19.8 Å². The molecule has 6 unspecified atom stereocenters. The maximum absolute atomic E-state index is 10.8. The molecule has 2 bridgehead atoms. The van der Waals surface area contributed by atoms with Gasteiger partial charge in [-0.3, -0.25) is 19.4 Å². The first kappa shape index (κ1) is 14.8. The van der Waals surface area contributed by atoms with E-state index < -0.39 is 11.9 Å². The van der Waals surface area contributed by atoms with Gasteiger partial charge in [0.1, 0.15) is 12.1 Å². The molecule has 2 saturated carbocycles. The third-order valence-corrected chi connectivity index (χ3v) is 5.79. The van der Waals surface area contributed by atoms with E-state index >= 15 is 0 Å². The highest BCUT2D eigenvalue weighted by atomic mass is 16.4. The average Bonchev–Trinajstić information content (AvgIpc) is 2.76. The lowest BCUT2D eigenvalue weighted by molar-refractivity contribution is -0.144. The van der Waals surface area contributed by atoms with E-state index in [1.807, 2.05) is 23.9 Å². The van der Waals surface area contributed by atoms with Gasteiger partial charge in [0.2, 0.25) is 0 Å². The number of likely N-dealkylation sites (N-methyl/N-ethyl adjacent to an activating group) is 2. The van der Waals surface area contributed by atoms with Gasteiger partial charge in [0, 0.05) is 12.6 Å². The lowest BCUT2D eigenvalue weighted by atomic mass is 9.99. The molecule has 0 radical (unpaired) electrons. The standard InChI is InChI=1S/C8H13NO2.C7H11NO2/c1-9-6-3-2-5(4-6)7(9)8(10)11;1-8-3-4-2-5(4)6(8)7(9)10/h5-7H,2-4H2,1H3,(H,10,11);4-6H,2-3H2,1H3,(H,9,10). The zero-order chi connectivity index (χ0) is 15.3. The van der Waals surface area contributed by atoms with Gasteiger partial charge in [-0.15, -0.1) is 0 Å². The van der Waals surface area contributed by atoms with Crippen molar-refractivity contribution in [2.75, 3.05) is 20.6 Å². The summed E-state index contributed by atoms with van der Waals surface area (Å²) in [6.45, 7) is 0.988. The molecule has 0 aromatic rings. The number of hydrogen-bond acceptors (Lipinski definition) is 4. The van der Waals surface area contributed by atoms with Crippen molar-refractivity contribution >= 4 is 11.9 Å². The number of likely N-dealkylation sites (tertiary alicyclic amines) is 2. The smallest absolute Gasteiger partial charge is 0.321 e. The number of carboxylic acid groups (broad SMARTS) is 2. The largest absolute Gasteiger partial charge is 0.480 e. The van der Waals surface area contributed by atoms with Gasteiger partial charge < -0.3 is 10.2 Å². The van der Waals surface area contributed by atoms with E-state index in [-0.39, 0.29) is 12.1 Å². The van der Waals surface area contributed by atoms with Crippen molar-refractivity contribution in [3.63, 3.8) is 0 Å². The molecule has 6 atom stereocenters. The van der Waals surface area contributed by atoms with E-state index in [1.165, 1.54) is 6.42 Å². The van der Waals surface area contributed by atoms with Crippen molar-refractivity contribution in [3.05, 3.63) is 0 Å². The summed E-state index contributed by atoms with van der Waals surface area (Å²) in [7, 11) is 3.83. The topological polar surface area (TPSA) is 81.1 Å². The quantitative estimate of drug-likeness (QED) is 0.775. The zero-order valence-corrected chi connectivity index (χ0v) is 12.6. The number of aliphatic carboxylic acids is 2. The van der Waals surface area contributed by atoms with Gasteiger partial charge in [-0.1, -0.05) is 0 Å². The van der Waals surface area contributed by atoms with Crippen molar-refractivity contribution in [2.45, 2.75) is 43.8 Å². The van der Waals surface area contributed by atoms with Gasteiger partial charge in [0.15, 0.2) is 0 Å². The van der Waals surface area contributed by atoms with Gasteiger partial charge in [-0.05, 0) is 57.5 Å². The highest BCUT2D eigenvalue weighted by molar-refractivity contribution is 5.75. The Kier molecular flexibility index (Phi) is 3.69. The lowest BCUT2D eigenvalue weighted by Gasteiger charge is -2.28. The van der Waals surface area contributed by atoms with Gasteiger partial charge in [-0.25, -0.2) is 0 Å². The molecule has 118 valence electrons. The molecule has 4 rings (SSSR count). The average molecular weight is 296 g/mol. The summed E-state index contributed by atoms with van der Waals surface area (Å²) >= 11 is 0. The molecular formula is C15H24N2O4. The van der Waals surface area contributed by atoms with Crippen LogP contribution >= 0.6 is 0 Å². The minimum Gasteiger partial charge on any atom is -0.480 e. The molecule has 21 heavy (non-hydrogen) atoms. The zero-order valence-electron chi connectivity index (χ0n) is 12.6. The number of carboxylic acids is 2. The van der Waals surface area contributed by atoms with E-state index in [0.717, 1.165) is 25.8 Å². The number of rotatable bonds is 2. The van der Waals surface area contributed by atoms with Crippen molar-refractivity contribution in [1.82, 2.24) is 9.80 Å². The molecule has 0 aromatic heterocycles. The monoisotopic (exact) mass is 296 g/mol. The molecule has 0 aromatic carbocycles. The Morgan fingerprint density at radius 2 is 1.62 bits per heavy atom. The third-order valence-electron chi connectivity index (χ3n) is 5.79. The van der Waals surface area contributed by atoms with Gasteiger partial charge in [-0.2, -0.15) is 0 Å². The molecule has 2 aliphatic carbocycles. The number of fused-ring (bicyclic) bond motifs is 3. The van der Waals surface area contributed by atoms with Crippen LogP contribution in [0.4, 0.5) is 0 Å². The summed E-state index contributed by atoms with van der Waals surface area (Å²) in [4.78, 5) is 25.3. The number of carbonyl (C=O) groups is 2. The summed E-state index contributed by atoms with van der Waals surface area (Å²) < 4.78 is 0. The maximum Gasteiger partial charge on any atom is 0.321 e. The maximum atomic E-state index is 10.8. The van der Waals surface area contributed by atoms with Crippen LogP contribution in [0.1, 0.15) is 25.7 Å². The van der Waals surface area contributed by atoms with Gasteiger partial charge >= 0.3 is 11.9 Å². The molecule has 2 saturated heterocycles. The van der Waals surface area contributed by atoms with Gasteiger partial charge in [0.25, 0.3) is 0 Å². The molecule has 2 heterocycles. The SMILES string of the molecule is CN1C2CCC(C2)C1C(=O)O.CN1CC2CC2C1C(=O)O. The molecule has 2 aliphatic heterocycles. The number of nitrogens with zero attached hydrogens (tertiary/aromatic N) is 2. The third kappa shape index (κ3) is 2.55. The predicted molar refractivity (Wildman–Crippen MR) is 76.0 cm³/mol. The molecule has 6 heteroatoms. The van der Waals surface area contributed by atoms with Crippen LogP contribution in [0.5, 0.6) is 0 Å². The highest BCUT2D eigenvalue weighted by Gasteiger charge is 2.54. The van der Waals surface area contributed by atoms with Crippen LogP contribution in [0.2, 0.25) is 0 Å². The Hall–Kier alpha value is -1.14. The van der Waals surface area contributed by atoms with E-state index in [2.05, 4.69) is 0 Å². The van der Waals surface area contributed by atoms with Crippen LogP contribution in [-0.2, 0) is 9.59 Å². The second-order valence-electron chi connectivity index (χ2n) is 7.06. The fraction of sp³-hybridized carbons (Fsp3) is 0.867. The van der Waals surface area contributed by atoms with Crippen molar-refractivity contribution in [3.8, 4) is 0 Å². The van der Waals surface area contributed by atoms with Crippen LogP contribution in [0.25, 0.3) is 0 Å². The fourth-order valence-corrected chi connectivity index (χ4v) is 4.63. The van der Waals surface area contributed by atoms with Crippen LogP contribution in [0.15, 0.2) is 0 Å². The Bertz CT molecular complexity index is 451. The Morgan fingerprint density at radius 1 is 0.952 bits per heavy atom.